The first kappa shape index (κ1) is 18.3. The molecule has 0 spiro atoms. The van der Waals surface area contributed by atoms with Gasteiger partial charge in [-0.1, -0.05) is 0 Å². The van der Waals surface area contributed by atoms with Crippen LogP contribution in [0.5, 0.6) is 0 Å². The van der Waals surface area contributed by atoms with Gasteiger partial charge in [0.2, 0.25) is 16.0 Å². The second-order valence-electron chi connectivity index (χ2n) is 4.77. The van der Waals surface area contributed by atoms with Crippen LogP contribution in [0.15, 0.2) is 32.3 Å². The highest BCUT2D eigenvalue weighted by Gasteiger charge is 2.18. The lowest BCUT2D eigenvalue weighted by atomic mass is 10.2. The zero-order valence-corrected chi connectivity index (χ0v) is 14.9. The van der Waals surface area contributed by atoms with Crippen molar-refractivity contribution in [1.82, 2.24) is 9.13 Å². The Hall–Kier alpha value is -2.01. The van der Waals surface area contributed by atoms with E-state index in [0.717, 1.165) is 19.2 Å². The molecule has 1 aromatic heterocycles. The van der Waals surface area contributed by atoms with E-state index in [4.69, 9.17) is 0 Å². The summed E-state index contributed by atoms with van der Waals surface area (Å²) < 4.78 is 54.2. The predicted octanol–water partition coefficient (Wildman–Crippen LogP) is 1.34. The van der Waals surface area contributed by atoms with Gasteiger partial charge in [0.15, 0.2) is 0 Å². The van der Waals surface area contributed by atoms with E-state index >= 15 is 0 Å². The molecule has 0 saturated heterocycles. The number of nitrogens with zero attached hydrogens (tertiary/aromatic N) is 2. The van der Waals surface area contributed by atoms with Gasteiger partial charge in [-0.15, -0.1) is 0 Å². The predicted molar refractivity (Wildman–Crippen MR) is 88.0 cm³/mol. The molecule has 0 radical (unpaired) electrons. The van der Waals surface area contributed by atoms with Crippen molar-refractivity contribution in [3.8, 4) is 5.69 Å². The first-order valence-corrected chi connectivity index (χ1v) is 9.00. The first-order valence-electron chi connectivity index (χ1n) is 6.56. The van der Waals surface area contributed by atoms with E-state index in [2.05, 4.69) is 20.7 Å². The van der Waals surface area contributed by atoms with Gasteiger partial charge in [-0.2, -0.15) is 4.39 Å². The van der Waals surface area contributed by atoms with Gasteiger partial charge in [-0.05, 0) is 35.0 Å². The molecular formula is C13H12BrF2N3O4S. The van der Waals surface area contributed by atoms with Crippen molar-refractivity contribution in [2.75, 3.05) is 10.5 Å². The molecule has 0 unspecified atom stereocenters. The van der Waals surface area contributed by atoms with Crippen LogP contribution in [0.2, 0.25) is 0 Å². The zero-order chi connectivity index (χ0) is 18.2. The number of benzene rings is 1. The van der Waals surface area contributed by atoms with Crippen LogP contribution in [-0.4, -0.2) is 23.3 Å². The van der Waals surface area contributed by atoms with Crippen LogP contribution in [-0.2, 0) is 17.1 Å². The molecule has 2 aromatic rings. The number of hydrogen-bond donors (Lipinski definition) is 1. The molecule has 2 rings (SSSR count). The van der Waals surface area contributed by atoms with Gasteiger partial charge < -0.3 is 0 Å². The van der Waals surface area contributed by atoms with Crippen molar-refractivity contribution in [2.45, 2.75) is 6.92 Å². The van der Waals surface area contributed by atoms with Crippen molar-refractivity contribution in [3.63, 3.8) is 0 Å². The summed E-state index contributed by atoms with van der Waals surface area (Å²) in [4.78, 5) is 24.0. The van der Waals surface area contributed by atoms with E-state index < -0.39 is 38.7 Å². The molecule has 0 fully saturated rings. The first-order chi connectivity index (χ1) is 11.1. The van der Waals surface area contributed by atoms with Crippen molar-refractivity contribution in [3.05, 3.63) is 55.3 Å². The molecule has 0 aliphatic heterocycles. The highest BCUT2D eigenvalue weighted by atomic mass is 79.9. The topological polar surface area (TPSA) is 90.2 Å². The van der Waals surface area contributed by atoms with E-state index in [1.54, 1.807) is 0 Å². The van der Waals surface area contributed by atoms with Crippen LogP contribution in [0.4, 0.5) is 14.5 Å². The molecule has 0 aliphatic rings. The normalized spacial score (nSPS) is 11.5. The molecule has 24 heavy (non-hydrogen) atoms. The lowest BCUT2D eigenvalue weighted by Crippen LogP contribution is -2.39. The van der Waals surface area contributed by atoms with Gasteiger partial charge in [0, 0.05) is 11.5 Å². The lowest BCUT2D eigenvalue weighted by Gasteiger charge is -2.13. The van der Waals surface area contributed by atoms with Crippen LogP contribution >= 0.6 is 15.9 Å². The van der Waals surface area contributed by atoms with Gasteiger partial charge in [0.05, 0.1) is 23.2 Å². The minimum Gasteiger partial charge on any atom is -0.282 e. The maximum Gasteiger partial charge on any atom is 0.337 e. The Morgan fingerprint density at radius 2 is 1.83 bits per heavy atom. The van der Waals surface area contributed by atoms with E-state index in [1.165, 1.54) is 6.92 Å². The van der Waals surface area contributed by atoms with Gasteiger partial charge in [-0.3, -0.25) is 14.1 Å². The fourth-order valence-corrected chi connectivity index (χ4v) is 3.04. The molecule has 7 nitrogen and oxygen atoms in total. The lowest BCUT2D eigenvalue weighted by molar-refractivity contribution is 0.491. The molecule has 11 heteroatoms. The Morgan fingerprint density at radius 1 is 1.21 bits per heavy atom. The Balaban J connectivity index is 2.76. The molecule has 0 saturated carbocycles. The molecule has 0 aliphatic carbocycles. The minimum atomic E-state index is -3.68. The molecular weight excluding hydrogens is 412 g/mol. The largest absolute Gasteiger partial charge is 0.337 e. The number of anilines is 1. The van der Waals surface area contributed by atoms with Gasteiger partial charge >= 0.3 is 5.69 Å². The van der Waals surface area contributed by atoms with Crippen molar-refractivity contribution >= 4 is 31.6 Å². The standard InChI is InChI=1S/C13H12BrF2N3O4S/c1-3-24(22,23)17-9-5-10(8(15)4-7(9)14)19-12(20)6-11(16)18(2)13(19)21/h4-6,17H,3H2,1-2H3. The number of halogens is 3. The van der Waals surface area contributed by atoms with Crippen LogP contribution < -0.4 is 16.0 Å². The number of sulfonamides is 1. The average Bonchev–Trinajstić information content (AvgIpc) is 2.49. The second-order valence-corrected chi connectivity index (χ2v) is 7.64. The summed E-state index contributed by atoms with van der Waals surface area (Å²) in [5.74, 6) is -2.28. The highest BCUT2D eigenvalue weighted by Crippen LogP contribution is 2.28. The van der Waals surface area contributed by atoms with Crippen LogP contribution in [0.3, 0.4) is 0 Å². The van der Waals surface area contributed by atoms with Gasteiger partial charge in [0.25, 0.3) is 5.56 Å². The summed E-state index contributed by atoms with van der Waals surface area (Å²) >= 11 is 3.00. The van der Waals surface area contributed by atoms with Crippen LogP contribution in [0.25, 0.3) is 5.69 Å². The maximum atomic E-state index is 14.2. The molecule has 0 bridgehead atoms. The molecule has 0 amide bonds. The second kappa shape index (κ2) is 6.48. The molecule has 0 atom stereocenters. The molecule has 1 aromatic carbocycles. The Labute approximate surface area is 143 Å². The highest BCUT2D eigenvalue weighted by molar-refractivity contribution is 9.10. The fraction of sp³-hybridized carbons (Fsp3) is 0.231. The third kappa shape index (κ3) is 3.41. The van der Waals surface area contributed by atoms with Crippen LogP contribution in [0, 0.1) is 11.8 Å². The summed E-state index contributed by atoms with van der Waals surface area (Å²) in [6, 6.07) is 2.41. The fourth-order valence-electron chi connectivity index (χ4n) is 1.85. The number of hydrogen-bond acceptors (Lipinski definition) is 4. The molecule has 130 valence electrons. The smallest absolute Gasteiger partial charge is 0.282 e. The summed E-state index contributed by atoms with van der Waals surface area (Å²) in [5, 5.41) is 0. The third-order valence-electron chi connectivity index (χ3n) is 3.18. The van der Waals surface area contributed by atoms with Gasteiger partial charge in [-0.25, -0.2) is 22.2 Å². The van der Waals surface area contributed by atoms with Crippen molar-refractivity contribution in [1.29, 1.82) is 0 Å². The molecule has 1 N–H and O–H groups in total. The average molecular weight is 424 g/mol. The summed E-state index contributed by atoms with van der Waals surface area (Å²) in [7, 11) is -2.60. The SMILES string of the molecule is CCS(=O)(=O)Nc1cc(-n2c(=O)cc(F)n(C)c2=O)c(F)cc1Br. The van der Waals surface area contributed by atoms with E-state index in [1.807, 2.05) is 0 Å². The van der Waals surface area contributed by atoms with Crippen molar-refractivity contribution in [2.24, 2.45) is 7.05 Å². The van der Waals surface area contributed by atoms with Crippen LogP contribution in [0.1, 0.15) is 6.92 Å². The summed E-state index contributed by atoms with van der Waals surface area (Å²) in [5.41, 5.74) is -2.75. The minimum absolute atomic E-state index is 0.0634. The van der Waals surface area contributed by atoms with Crippen molar-refractivity contribution < 1.29 is 17.2 Å². The molecule has 1 heterocycles. The Bertz CT molecular complexity index is 1030. The monoisotopic (exact) mass is 423 g/mol. The Kier molecular flexibility index (Phi) is 4.95. The number of rotatable bonds is 4. The van der Waals surface area contributed by atoms with E-state index in [-0.39, 0.29) is 15.9 Å². The summed E-state index contributed by atoms with van der Waals surface area (Å²) in [6.07, 6.45) is 0. The van der Waals surface area contributed by atoms with E-state index in [0.29, 0.717) is 15.2 Å². The summed E-state index contributed by atoms with van der Waals surface area (Å²) in [6.45, 7) is 1.40. The van der Waals surface area contributed by atoms with E-state index in [9.17, 15) is 26.8 Å². The zero-order valence-electron chi connectivity index (χ0n) is 12.5. The quantitative estimate of drug-likeness (QED) is 0.751. The maximum absolute atomic E-state index is 14.2. The number of nitrogens with one attached hydrogen (secondary N) is 1. The number of aromatic nitrogens is 2. The third-order valence-corrected chi connectivity index (χ3v) is 5.13. The van der Waals surface area contributed by atoms with Gasteiger partial charge in [0.1, 0.15) is 5.82 Å². The Morgan fingerprint density at radius 3 is 2.42 bits per heavy atom.